The maximum atomic E-state index is 13.4. The van der Waals surface area contributed by atoms with Crippen molar-refractivity contribution in [1.29, 1.82) is 0 Å². The standard InChI is InChI=1S/C30H29N2.C29H26FN2.C29H27N2/c1-20-8-10-22(11-9-20)23-12-16-32(3)28(18-23)25-19-26-24-7-6-15-31-29(24)30(13-4-5-14-30)27(26)17-21(25)2;1-19-16-26-25(23-6-5-14-31-28(23)29(26)12-3-4-13-29)18-24(19)27-17-21(11-15-32(27)2)20-7-9-22(30)10-8-20;1-20-17-26-25(23-11-8-16-30-28(23)29(26)14-6-7-15-29)18-24(20)27-13-12-22(19-31(27)2)21-9-4-3-5-10-21/h6-12,15-19H,4-5,13-14H2,1-3H3;5-11,14-18H,3-4,12-13H2,1-2H3;3-5,8-13,16-19H,6-7,14-15H2,1-2H3/q3*+1. The van der Waals surface area contributed by atoms with E-state index in [0.717, 1.165) is 16.8 Å². The van der Waals surface area contributed by atoms with E-state index in [0.29, 0.717) is 0 Å². The summed E-state index contributed by atoms with van der Waals surface area (Å²) in [6.45, 7) is 8.89. The van der Waals surface area contributed by atoms with E-state index in [1.54, 1.807) is 0 Å². The van der Waals surface area contributed by atoms with E-state index in [1.165, 1.54) is 229 Å². The molecule has 6 aromatic heterocycles. The number of fused-ring (bicyclic) bond motifs is 15. The predicted octanol–water partition coefficient (Wildman–Crippen LogP) is 19.6. The summed E-state index contributed by atoms with van der Waals surface area (Å²) in [7, 11) is 6.39. The van der Waals surface area contributed by atoms with Gasteiger partial charge < -0.3 is 0 Å². The molecule has 6 heterocycles. The zero-order valence-corrected chi connectivity index (χ0v) is 55.9. The molecular formula is C88H82FN6+3. The minimum atomic E-state index is -0.210. The smallest absolute Gasteiger partial charge is 0.213 e. The van der Waals surface area contributed by atoms with Crippen LogP contribution in [0.1, 0.15) is 133 Å². The number of aromatic nitrogens is 6. The van der Waals surface area contributed by atoms with Crippen molar-refractivity contribution >= 4 is 0 Å². The molecule has 95 heavy (non-hydrogen) atoms. The van der Waals surface area contributed by atoms with E-state index in [2.05, 4.69) is 245 Å². The van der Waals surface area contributed by atoms with Crippen molar-refractivity contribution in [1.82, 2.24) is 15.0 Å². The van der Waals surface area contributed by atoms with E-state index in [-0.39, 0.29) is 22.1 Å². The lowest BCUT2D eigenvalue weighted by atomic mass is 9.78. The summed E-state index contributed by atoms with van der Waals surface area (Å²) < 4.78 is 20.1. The van der Waals surface area contributed by atoms with E-state index in [1.807, 2.05) is 30.7 Å². The Balaban J connectivity index is 0.000000112. The molecule has 18 rings (SSSR count). The summed E-state index contributed by atoms with van der Waals surface area (Å²) >= 11 is 0. The highest BCUT2D eigenvalue weighted by Crippen LogP contribution is 2.60. The number of nitrogens with zero attached hydrogens (tertiary/aromatic N) is 6. The first-order valence-corrected chi connectivity index (χ1v) is 34.5. The molecule has 0 N–H and O–H groups in total. The van der Waals surface area contributed by atoms with Gasteiger partial charge in [-0.1, -0.05) is 147 Å². The first-order chi connectivity index (χ1) is 46.3. The predicted molar refractivity (Wildman–Crippen MR) is 382 cm³/mol. The largest absolute Gasteiger partial charge is 0.260 e. The number of benzene rings is 6. The highest BCUT2D eigenvalue weighted by molar-refractivity contribution is 5.88. The zero-order chi connectivity index (χ0) is 64.7. The number of hydrogen-bond donors (Lipinski definition) is 0. The highest BCUT2D eigenvalue weighted by Gasteiger charge is 2.49. The van der Waals surface area contributed by atoms with Crippen molar-refractivity contribution in [3.05, 3.63) is 287 Å². The molecule has 6 aliphatic rings. The molecule has 3 saturated carbocycles. The van der Waals surface area contributed by atoms with Crippen molar-refractivity contribution < 1.29 is 18.1 Å². The SMILES string of the molecule is Cc1cc2c(cc1-c1cc(-c3ccc(F)cc3)cc[n+]1C)-c1cccnc1C21CCCC1.Cc1cc2c(cc1-c1ccc(-c3ccccc3)c[n+]1C)-c1cccnc1C21CCCC1.Cc1ccc(-c2cc[n+](C)c(-c3cc4c(cc3C)C3(CCCC3)c3ncccc3-4)c2)cc1. The van der Waals surface area contributed by atoms with Crippen LogP contribution in [0.4, 0.5) is 4.39 Å². The lowest BCUT2D eigenvalue weighted by Gasteiger charge is -2.25. The fraction of sp³-hybridized carbons (Fsp3) is 0.250. The average Bonchev–Trinajstić information content (AvgIpc) is 1.57. The van der Waals surface area contributed by atoms with Crippen molar-refractivity contribution in [2.24, 2.45) is 21.1 Å². The lowest BCUT2D eigenvalue weighted by Crippen LogP contribution is -2.31. The van der Waals surface area contributed by atoms with Gasteiger partial charge in [0.25, 0.3) is 0 Å². The molecule has 0 saturated heterocycles. The lowest BCUT2D eigenvalue weighted by molar-refractivity contribution is -0.660. The van der Waals surface area contributed by atoms with Gasteiger partial charge in [-0.15, -0.1) is 0 Å². The van der Waals surface area contributed by atoms with Crippen molar-refractivity contribution in [3.8, 4) is 101 Å². The van der Waals surface area contributed by atoms with Crippen LogP contribution in [0.5, 0.6) is 0 Å². The molecule has 0 unspecified atom stereocenters. The molecule has 3 spiro atoms. The molecule has 0 radical (unpaired) electrons. The van der Waals surface area contributed by atoms with Gasteiger partial charge in [0.05, 0.1) is 17.1 Å². The third-order valence-electron chi connectivity index (χ3n) is 22.6. The minimum absolute atomic E-state index is 0.0906. The van der Waals surface area contributed by atoms with E-state index in [9.17, 15) is 4.39 Å². The summed E-state index contributed by atoms with van der Waals surface area (Å²) in [6.07, 6.45) is 27.4. The van der Waals surface area contributed by atoms with Crippen LogP contribution in [-0.4, -0.2) is 15.0 Å². The molecule has 3 fully saturated rings. The second-order valence-corrected chi connectivity index (χ2v) is 28.2. The topological polar surface area (TPSA) is 50.3 Å². The highest BCUT2D eigenvalue weighted by atomic mass is 19.1. The Morgan fingerprint density at radius 1 is 0.316 bits per heavy atom. The summed E-state index contributed by atoms with van der Waals surface area (Å²) in [5, 5.41) is 0. The summed E-state index contributed by atoms with van der Waals surface area (Å²) in [5.74, 6) is -0.210. The average molecular weight is 1240 g/mol. The Kier molecular flexibility index (Phi) is 15.1. The van der Waals surface area contributed by atoms with E-state index >= 15 is 0 Å². The van der Waals surface area contributed by atoms with Crippen LogP contribution < -0.4 is 13.7 Å². The maximum absolute atomic E-state index is 13.4. The number of hydrogen-bond acceptors (Lipinski definition) is 3. The van der Waals surface area contributed by atoms with E-state index < -0.39 is 0 Å². The molecule has 7 heteroatoms. The Morgan fingerprint density at radius 2 is 0.684 bits per heavy atom. The molecule has 0 aliphatic heterocycles. The molecular weight excluding hydrogens is 1160 g/mol. The van der Waals surface area contributed by atoms with Gasteiger partial charge in [0.1, 0.15) is 27.0 Å². The van der Waals surface area contributed by atoms with Crippen LogP contribution in [-0.2, 0) is 37.4 Å². The normalized spacial score (nSPS) is 15.7. The molecule has 6 aliphatic carbocycles. The molecule has 0 amide bonds. The van der Waals surface area contributed by atoms with Crippen LogP contribution in [0.2, 0.25) is 0 Å². The third-order valence-corrected chi connectivity index (χ3v) is 22.6. The third kappa shape index (κ3) is 10.1. The summed E-state index contributed by atoms with van der Waals surface area (Å²) in [6, 6.07) is 67.1. The fourth-order valence-corrected chi connectivity index (χ4v) is 17.8. The molecule has 6 nitrogen and oxygen atoms in total. The second kappa shape index (κ2) is 23.9. The number of rotatable bonds is 6. The first kappa shape index (κ1) is 60.1. The van der Waals surface area contributed by atoms with Gasteiger partial charge in [-0.25, -0.2) is 18.1 Å². The van der Waals surface area contributed by atoms with E-state index in [4.69, 9.17) is 15.0 Å². The first-order valence-electron chi connectivity index (χ1n) is 34.5. The van der Waals surface area contributed by atoms with Crippen molar-refractivity contribution in [2.75, 3.05) is 0 Å². The number of pyridine rings is 6. The summed E-state index contributed by atoms with van der Waals surface area (Å²) in [5.41, 5.74) is 36.7. The summed E-state index contributed by atoms with van der Waals surface area (Å²) in [4.78, 5) is 14.7. The van der Waals surface area contributed by atoms with Gasteiger partial charge in [0, 0.05) is 104 Å². The maximum Gasteiger partial charge on any atom is 0.213 e. The Morgan fingerprint density at radius 3 is 1.08 bits per heavy atom. The second-order valence-electron chi connectivity index (χ2n) is 28.2. The molecule has 12 aromatic rings. The molecule has 468 valence electrons. The van der Waals surface area contributed by atoms with Crippen LogP contribution in [0.25, 0.3) is 101 Å². The molecule has 6 aromatic carbocycles. The van der Waals surface area contributed by atoms with Crippen LogP contribution in [0.15, 0.2) is 225 Å². The molecule has 0 bridgehead atoms. The van der Waals surface area contributed by atoms with Gasteiger partial charge in [0.15, 0.2) is 18.6 Å². The number of aryl methyl sites for hydroxylation is 7. The van der Waals surface area contributed by atoms with Crippen LogP contribution in [0.3, 0.4) is 0 Å². The Hall–Kier alpha value is -9.85. The van der Waals surface area contributed by atoms with Crippen LogP contribution in [0, 0.1) is 33.5 Å². The van der Waals surface area contributed by atoms with Gasteiger partial charge in [0.2, 0.25) is 17.1 Å². The minimum Gasteiger partial charge on any atom is -0.260 e. The Labute approximate surface area is 559 Å². The van der Waals surface area contributed by atoms with Gasteiger partial charge in [-0.05, 0) is 199 Å². The Bertz CT molecular complexity index is 4780. The van der Waals surface area contributed by atoms with Crippen molar-refractivity contribution in [2.45, 2.75) is 121 Å². The van der Waals surface area contributed by atoms with Crippen LogP contribution >= 0.6 is 0 Å². The fourth-order valence-electron chi connectivity index (χ4n) is 17.8. The number of halogens is 1. The zero-order valence-electron chi connectivity index (χ0n) is 55.9. The monoisotopic (exact) mass is 1240 g/mol. The van der Waals surface area contributed by atoms with Gasteiger partial charge in [-0.3, -0.25) is 15.0 Å². The van der Waals surface area contributed by atoms with Gasteiger partial charge in [-0.2, -0.15) is 0 Å². The molecule has 0 atom stereocenters. The van der Waals surface area contributed by atoms with Crippen molar-refractivity contribution in [3.63, 3.8) is 0 Å². The van der Waals surface area contributed by atoms with Gasteiger partial charge >= 0.3 is 0 Å². The quantitative estimate of drug-likeness (QED) is 0.156.